The lowest BCUT2D eigenvalue weighted by Gasteiger charge is -2.12. The van der Waals surface area contributed by atoms with Gasteiger partial charge in [-0.15, -0.1) is 13.2 Å². The first-order chi connectivity index (χ1) is 9.78. The number of rotatable bonds is 3. The van der Waals surface area contributed by atoms with E-state index in [-0.39, 0.29) is 16.7 Å². The summed E-state index contributed by atoms with van der Waals surface area (Å²) in [4.78, 5) is 11.1. The number of benzene rings is 2. The summed E-state index contributed by atoms with van der Waals surface area (Å²) in [5, 5.41) is 18.9. The molecule has 0 atom stereocenters. The van der Waals surface area contributed by atoms with Gasteiger partial charge in [-0.2, -0.15) is 0 Å². The Kier molecular flexibility index (Phi) is 3.75. The van der Waals surface area contributed by atoms with Gasteiger partial charge in [-0.3, -0.25) is 0 Å². The maximum atomic E-state index is 12.1. The predicted molar refractivity (Wildman–Crippen MR) is 67.2 cm³/mol. The predicted octanol–water partition coefficient (Wildman–Crippen LogP) is 3.66. The Morgan fingerprint density at radius 3 is 2.29 bits per heavy atom. The second-order valence-corrected chi connectivity index (χ2v) is 4.08. The van der Waals surface area contributed by atoms with E-state index in [1.807, 2.05) is 0 Å². The van der Waals surface area contributed by atoms with Crippen LogP contribution in [-0.4, -0.2) is 22.5 Å². The van der Waals surface area contributed by atoms with Crippen molar-refractivity contribution in [3.05, 3.63) is 48.0 Å². The number of carbonyl (C=O) groups is 1. The van der Waals surface area contributed by atoms with Crippen LogP contribution in [0.2, 0.25) is 0 Å². The molecule has 0 radical (unpaired) electrons. The van der Waals surface area contributed by atoms with Crippen LogP contribution in [0.25, 0.3) is 11.1 Å². The minimum Gasteiger partial charge on any atom is -0.507 e. The molecule has 0 heterocycles. The molecule has 0 saturated carbocycles. The van der Waals surface area contributed by atoms with Gasteiger partial charge >= 0.3 is 12.3 Å². The lowest BCUT2D eigenvalue weighted by molar-refractivity contribution is -0.274. The molecule has 0 bridgehead atoms. The van der Waals surface area contributed by atoms with Crippen LogP contribution in [0.5, 0.6) is 11.5 Å². The largest absolute Gasteiger partial charge is 0.573 e. The molecular formula is C14H9F3O4. The van der Waals surface area contributed by atoms with E-state index >= 15 is 0 Å². The molecule has 2 rings (SSSR count). The molecule has 0 spiro atoms. The zero-order valence-electron chi connectivity index (χ0n) is 10.4. The first-order valence-electron chi connectivity index (χ1n) is 5.69. The maximum Gasteiger partial charge on any atom is 0.573 e. The summed E-state index contributed by atoms with van der Waals surface area (Å²) in [7, 11) is 0. The van der Waals surface area contributed by atoms with Gasteiger partial charge in [-0.05, 0) is 23.8 Å². The van der Waals surface area contributed by atoms with Gasteiger partial charge in [0.25, 0.3) is 0 Å². The number of hydrogen-bond acceptors (Lipinski definition) is 3. The van der Waals surface area contributed by atoms with Crippen LogP contribution in [0.1, 0.15) is 10.4 Å². The van der Waals surface area contributed by atoms with Crippen molar-refractivity contribution in [2.45, 2.75) is 6.36 Å². The molecule has 0 saturated heterocycles. The number of hydrogen-bond donors (Lipinski definition) is 2. The quantitative estimate of drug-likeness (QED) is 0.907. The van der Waals surface area contributed by atoms with E-state index in [0.717, 1.165) is 18.2 Å². The Labute approximate surface area is 117 Å². The molecule has 0 aromatic heterocycles. The van der Waals surface area contributed by atoms with E-state index in [1.54, 1.807) is 6.07 Å². The standard InChI is InChI=1S/C14H9F3O4/c15-14(16,17)21-8-5-6-10(12(18)7-8)9-3-1-2-4-11(9)13(19)20/h1-7,18H,(H,19,20). The first-order valence-corrected chi connectivity index (χ1v) is 5.69. The molecule has 0 amide bonds. The topological polar surface area (TPSA) is 66.8 Å². The van der Waals surface area contributed by atoms with Gasteiger partial charge in [0, 0.05) is 11.6 Å². The third kappa shape index (κ3) is 3.44. The molecule has 2 N–H and O–H groups in total. The number of phenols is 1. The van der Waals surface area contributed by atoms with Crippen molar-refractivity contribution in [1.82, 2.24) is 0 Å². The van der Waals surface area contributed by atoms with Gasteiger partial charge in [-0.25, -0.2) is 4.79 Å². The monoisotopic (exact) mass is 298 g/mol. The van der Waals surface area contributed by atoms with E-state index in [2.05, 4.69) is 4.74 Å². The number of halogens is 3. The number of carboxylic acids is 1. The Morgan fingerprint density at radius 2 is 1.71 bits per heavy atom. The molecule has 110 valence electrons. The van der Waals surface area contributed by atoms with Crippen LogP contribution in [0.4, 0.5) is 13.2 Å². The van der Waals surface area contributed by atoms with E-state index in [0.29, 0.717) is 0 Å². The summed E-state index contributed by atoms with van der Waals surface area (Å²) >= 11 is 0. The van der Waals surface area contributed by atoms with Crippen molar-refractivity contribution in [1.29, 1.82) is 0 Å². The van der Waals surface area contributed by atoms with Gasteiger partial charge in [0.1, 0.15) is 11.5 Å². The lowest BCUT2D eigenvalue weighted by Crippen LogP contribution is -2.17. The Hall–Kier alpha value is -2.70. The highest BCUT2D eigenvalue weighted by molar-refractivity contribution is 5.96. The SMILES string of the molecule is O=C(O)c1ccccc1-c1ccc(OC(F)(F)F)cc1O. The first kappa shape index (κ1) is 14.7. The van der Waals surface area contributed by atoms with Crippen molar-refractivity contribution in [3.63, 3.8) is 0 Å². The number of ether oxygens (including phenoxy) is 1. The fourth-order valence-electron chi connectivity index (χ4n) is 1.84. The fourth-order valence-corrected chi connectivity index (χ4v) is 1.84. The van der Waals surface area contributed by atoms with Gasteiger partial charge in [-0.1, -0.05) is 18.2 Å². The normalized spacial score (nSPS) is 11.2. The highest BCUT2D eigenvalue weighted by Crippen LogP contribution is 2.35. The Morgan fingerprint density at radius 1 is 1.05 bits per heavy atom. The van der Waals surface area contributed by atoms with Gasteiger partial charge in [0.05, 0.1) is 5.56 Å². The van der Waals surface area contributed by atoms with Gasteiger partial charge in [0.2, 0.25) is 0 Å². The molecule has 0 aliphatic carbocycles. The van der Waals surface area contributed by atoms with E-state index < -0.39 is 23.8 Å². The van der Waals surface area contributed by atoms with Crippen molar-refractivity contribution >= 4 is 5.97 Å². The van der Waals surface area contributed by atoms with Crippen molar-refractivity contribution in [3.8, 4) is 22.6 Å². The average Bonchev–Trinajstić information content (AvgIpc) is 2.37. The van der Waals surface area contributed by atoms with Crippen molar-refractivity contribution < 1.29 is 32.9 Å². The van der Waals surface area contributed by atoms with Gasteiger partial charge in [0.15, 0.2) is 0 Å². The van der Waals surface area contributed by atoms with Crippen LogP contribution in [0, 0.1) is 0 Å². The second-order valence-electron chi connectivity index (χ2n) is 4.08. The summed E-state index contributed by atoms with van der Waals surface area (Å²) in [5.74, 6) is -2.30. The molecule has 0 unspecified atom stereocenters. The third-order valence-electron chi connectivity index (χ3n) is 2.65. The summed E-state index contributed by atoms with van der Waals surface area (Å²) < 4.78 is 39.9. The highest BCUT2D eigenvalue weighted by Gasteiger charge is 2.31. The number of phenolic OH excluding ortho intramolecular Hbond substituents is 1. The molecule has 2 aromatic carbocycles. The average molecular weight is 298 g/mol. The van der Waals surface area contributed by atoms with E-state index in [4.69, 9.17) is 5.11 Å². The third-order valence-corrected chi connectivity index (χ3v) is 2.65. The lowest BCUT2D eigenvalue weighted by atomic mass is 9.99. The molecule has 2 aromatic rings. The van der Waals surface area contributed by atoms with Crippen molar-refractivity contribution in [2.24, 2.45) is 0 Å². The smallest absolute Gasteiger partial charge is 0.507 e. The highest BCUT2D eigenvalue weighted by atomic mass is 19.4. The summed E-state index contributed by atoms with van der Waals surface area (Å²) in [6.07, 6.45) is -4.87. The molecule has 0 aliphatic rings. The summed E-state index contributed by atoms with van der Waals surface area (Å²) in [5.41, 5.74) is 0.223. The number of alkyl halides is 3. The zero-order chi connectivity index (χ0) is 15.6. The molecule has 0 fully saturated rings. The molecule has 7 heteroatoms. The molecule has 21 heavy (non-hydrogen) atoms. The second kappa shape index (κ2) is 5.35. The maximum absolute atomic E-state index is 12.1. The number of carboxylic acid groups (broad SMARTS) is 1. The summed E-state index contributed by atoms with van der Waals surface area (Å²) in [6, 6.07) is 8.79. The number of aromatic hydroxyl groups is 1. The van der Waals surface area contributed by atoms with E-state index in [1.165, 1.54) is 18.2 Å². The minimum absolute atomic E-state index is 0.0720. The van der Waals surface area contributed by atoms with Crippen LogP contribution in [0.3, 0.4) is 0 Å². The minimum atomic E-state index is -4.87. The van der Waals surface area contributed by atoms with Crippen LogP contribution in [-0.2, 0) is 0 Å². The Bertz CT molecular complexity index is 680. The van der Waals surface area contributed by atoms with Gasteiger partial charge < -0.3 is 14.9 Å². The molecule has 0 aliphatic heterocycles. The van der Waals surface area contributed by atoms with Crippen LogP contribution >= 0.6 is 0 Å². The zero-order valence-corrected chi connectivity index (χ0v) is 10.4. The summed E-state index contributed by atoms with van der Waals surface area (Å²) in [6.45, 7) is 0. The fraction of sp³-hybridized carbons (Fsp3) is 0.0714. The van der Waals surface area contributed by atoms with E-state index in [9.17, 15) is 23.1 Å². The van der Waals surface area contributed by atoms with Crippen LogP contribution in [0.15, 0.2) is 42.5 Å². The Balaban J connectivity index is 2.45. The van der Waals surface area contributed by atoms with Crippen LogP contribution < -0.4 is 4.74 Å². The molecule has 4 nitrogen and oxygen atoms in total. The number of aromatic carboxylic acids is 1. The molecular weight excluding hydrogens is 289 g/mol. The van der Waals surface area contributed by atoms with Crippen molar-refractivity contribution in [2.75, 3.05) is 0 Å².